The first-order valence-electron chi connectivity index (χ1n) is 9.08. The maximum atomic E-state index is 13.1. The van der Waals surface area contributed by atoms with Gasteiger partial charge in [-0.15, -0.1) is 0 Å². The summed E-state index contributed by atoms with van der Waals surface area (Å²) in [6.45, 7) is 1.18. The summed E-state index contributed by atoms with van der Waals surface area (Å²) in [5.74, 6) is -1.86. The molecule has 1 unspecified atom stereocenters. The fourth-order valence-electron chi connectivity index (χ4n) is 4.12. The number of para-hydroxylation sites is 1. The molecular weight excluding hydrogens is 350 g/mol. The molecule has 2 heterocycles. The first-order chi connectivity index (χ1) is 12.8. The molecule has 1 saturated carbocycles. The maximum Gasteiger partial charge on any atom is 0.323 e. The predicted octanol–water partition coefficient (Wildman–Crippen LogP) is 1.06. The molecule has 1 N–H and O–H groups in total. The summed E-state index contributed by atoms with van der Waals surface area (Å²) in [7, 11) is 0. The molecule has 3 aliphatic rings. The van der Waals surface area contributed by atoms with Crippen LogP contribution in [-0.4, -0.2) is 63.4 Å². The van der Waals surface area contributed by atoms with E-state index in [2.05, 4.69) is 0 Å². The summed E-state index contributed by atoms with van der Waals surface area (Å²) in [4.78, 5) is 54.0. The van der Waals surface area contributed by atoms with Gasteiger partial charge in [0.05, 0.1) is 11.3 Å². The fourth-order valence-corrected chi connectivity index (χ4v) is 4.12. The minimum atomic E-state index is -1.07. The van der Waals surface area contributed by atoms with Crippen molar-refractivity contribution in [2.75, 3.05) is 18.0 Å². The van der Waals surface area contributed by atoms with Crippen LogP contribution >= 0.6 is 0 Å². The van der Waals surface area contributed by atoms with E-state index in [0.717, 1.165) is 12.8 Å². The van der Waals surface area contributed by atoms with E-state index < -0.39 is 17.5 Å². The molecule has 8 heteroatoms. The van der Waals surface area contributed by atoms with Crippen molar-refractivity contribution in [2.24, 2.45) is 0 Å². The number of carbonyl (C=O) groups is 4. The van der Waals surface area contributed by atoms with Gasteiger partial charge < -0.3 is 14.9 Å². The standard InChI is InChI=1S/C19H21N3O5/c1-19-9-8-15(23)22(19)14-5-3-2-4-13(14)18(27)21(19)10-16(24)20(11-17(25)26)12-6-7-12/h2-5,12H,6-11H2,1H3,(H,25,26). The Balaban J connectivity index is 1.68. The van der Waals surface area contributed by atoms with Crippen LogP contribution in [0.1, 0.15) is 43.0 Å². The first kappa shape index (κ1) is 17.5. The van der Waals surface area contributed by atoms with E-state index in [1.807, 2.05) is 0 Å². The molecule has 2 aliphatic heterocycles. The number of hydrogen-bond donors (Lipinski definition) is 1. The molecule has 1 saturated heterocycles. The van der Waals surface area contributed by atoms with Crippen LogP contribution in [0.25, 0.3) is 0 Å². The van der Waals surface area contributed by atoms with Crippen LogP contribution in [0.5, 0.6) is 0 Å². The van der Waals surface area contributed by atoms with Gasteiger partial charge in [-0.1, -0.05) is 12.1 Å². The average Bonchev–Trinajstić information content (AvgIpc) is 3.41. The van der Waals surface area contributed by atoms with Gasteiger partial charge >= 0.3 is 5.97 Å². The van der Waals surface area contributed by atoms with E-state index >= 15 is 0 Å². The molecule has 27 heavy (non-hydrogen) atoms. The number of carboxylic acid groups (broad SMARTS) is 1. The van der Waals surface area contributed by atoms with Crippen molar-refractivity contribution in [3.8, 4) is 0 Å². The largest absolute Gasteiger partial charge is 0.480 e. The zero-order chi connectivity index (χ0) is 19.3. The Hall–Kier alpha value is -2.90. The molecule has 1 aliphatic carbocycles. The minimum absolute atomic E-state index is 0.0742. The molecule has 0 spiro atoms. The highest BCUT2D eigenvalue weighted by Gasteiger charge is 2.53. The van der Waals surface area contributed by atoms with Crippen molar-refractivity contribution in [1.29, 1.82) is 0 Å². The molecule has 8 nitrogen and oxygen atoms in total. The number of benzene rings is 1. The molecule has 142 valence electrons. The van der Waals surface area contributed by atoms with Gasteiger partial charge in [-0.3, -0.25) is 24.1 Å². The summed E-state index contributed by atoms with van der Waals surface area (Å²) in [5, 5.41) is 9.11. The fraction of sp³-hybridized carbons (Fsp3) is 0.474. The number of carboxylic acids is 1. The van der Waals surface area contributed by atoms with Gasteiger partial charge in [0.2, 0.25) is 11.8 Å². The third-order valence-electron chi connectivity index (χ3n) is 5.65. The number of carbonyl (C=O) groups excluding carboxylic acids is 3. The maximum absolute atomic E-state index is 13.1. The zero-order valence-corrected chi connectivity index (χ0v) is 15.1. The second kappa shape index (κ2) is 6.07. The van der Waals surface area contributed by atoms with E-state index in [4.69, 9.17) is 5.11 Å². The van der Waals surface area contributed by atoms with Gasteiger partial charge in [0.25, 0.3) is 5.91 Å². The third-order valence-corrected chi connectivity index (χ3v) is 5.65. The molecule has 0 aromatic heterocycles. The van der Waals surface area contributed by atoms with Crippen LogP contribution in [0.3, 0.4) is 0 Å². The van der Waals surface area contributed by atoms with Crippen LogP contribution in [0.4, 0.5) is 5.69 Å². The predicted molar refractivity (Wildman–Crippen MR) is 95.0 cm³/mol. The number of amides is 3. The Kier molecular flexibility index (Phi) is 3.94. The first-order valence-corrected chi connectivity index (χ1v) is 9.08. The lowest BCUT2D eigenvalue weighted by Gasteiger charge is -2.48. The van der Waals surface area contributed by atoms with Gasteiger partial charge in [0, 0.05) is 12.5 Å². The van der Waals surface area contributed by atoms with Crippen molar-refractivity contribution >= 4 is 29.4 Å². The Morgan fingerprint density at radius 1 is 1.26 bits per heavy atom. The summed E-state index contributed by atoms with van der Waals surface area (Å²) < 4.78 is 0. The number of nitrogens with zero attached hydrogens (tertiary/aromatic N) is 3. The second-order valence-electron chi connectivity index (χ2n) is 7.50. The Morgan fingerprint density at radius 3 is 2.63 bits per heavy atom. The van der Waals surface area contributed by atoms with Gasteiger partial charge in [0.15, 0.2) is 0 Å². The average molecular weight is 371 g/mol. The quantitative estimate of drug-likeness (QED) is 0.835. The van der Waals surface area contributed by atoms with Crippen molar-refractivity contribution in [3.05, 3.63) is 29.8 Å². The zero-order valence-electron chi connectivity index (χ0n) is 15.1. The van der Waals surface area contributed by atoms with Crippen molar-refractivity contribution in [1.82, 2.24) is 9.80 Å². The van der Waals surface area contributed by atoms with Crippen molar-refractivity contribution in [3.63, 3.8) is 0 Å². The molecule has 1 aromatic carbocycles. The van der Waals surface area contributed by atoms with Gasteiger partial charge in [-0.25, -0.2) is 0 Å². The van der Waals surface area contributed by atoms with Crippen LogP contribution < -0.4 is 4.90 Å². The van der Waals surface area contributed by atoms with Crippen LogP contribution in [-0.2, 0) is 14.4 Å². The summed E-state index contributed by atoms with van der Waals surface area (Å²) in [6.07, 6.45) is 2.28. The molecule has 0 radical (unpaired) electrons. The molecule has 1 atom stereocenters. The Morgan fingerprint density at radius 2 is 1.96 bits per heavy atom. The van der Waals surface area contributed by atoms with Gasteiger partial charge in [0.1, 0.15) is 18.8 Å². The van der Waals surface area contributed by atoms with Gasteiger partial charge in [-0.2, -0.15) is 0 Å². The smallest absolute Gasteiger partial charge is 0.323 e. The van der Waals surface area contributed by atoms with E-state index in [1.165, 1.54) is 9.80 Å². The highest BCUT2D eigenvalue weighted by atomic mass is 16.4. The topological polar surface area (TPSA) is 98.2 Å². The lowest BCUT2D eigenvalue weighted by atomic mass is 9.98. The number of hydrogen-bond acceptors (Lipinski definition) is 4. The molecule has 1 aromatic rings. The normalized spacial score (nSPS) is 23.9. The van der Waals surface area contributed by atoms with E-state index in [9.17, 15) is 19.2 Å². The second-order valence-corrected chi connectivity index (χ2v) is 7.50. The highest BCUT2D eigenvalue weighted by Crippen LogP contribution is 2.44. The van der Waals surface area contributed by atoms with E-state index in [0.29, 0.717) is 24.1 Å². The highest BCUT2D eigenvalue weighted by molar-refractivity contribution is 6.11. The molecule has 0 bridgehead atoms. The molecule has 2 fully saturated rings. The Bertz CT molecular complexity index is 850. The molecular formula is C19H21N3O5. The number of anilines is 1. The van der Waals surface area contributed by atoms with E-state index in [1.54, 1.807) is 36.1 Å². The minimum Gasteiger partial charge on any atom is -0.480 e. The SMILES string of the molecule is CC12CCC(=O)N1c1ccccc1C(=O)N2CC(=O)N(CC(=O)O)C1CC1. The Labute approximate surface area is 156 Å². The van der Waals surface area contributed by atoms with Gasteiger partial charge in [-0.05, 0) is 38.3 Å². The summed E-state index contributed by atoms with van der Waals surface area (Å²) in [5.41, 5.74) is 0.0337. The third kappa shape index (κ3) is 2.75. The monoisotopic (exact) mass is 371 g/mol. The van der Waals surface area contributed by atoms with E-state index in [-0.39, 0.29) is 30.9 Å². The number of aliphatic carboxylic acids is 1. The molecule has 3 amide bonds. The van der Waals surface area contributed by atoms with Crippen molar-refractivity contribution in [2.45, 2.75) is 44.3 Å². The van der Waals surface area contributed by atoms with Crippen molar-refractivity contribution < 1.29 is 24.3 Å². The van der Waals surface area contributed by atoms with Crippen LogP contribution in [0.2, 0.25) is 0 Å². The van der Waals surface area contributed by atoms with Crippen LogP contribution in [0.15, 0.2) is 24.3 Å². The van der Waals surface area contributed by atoms with Crippen LogP contribution in [0, 0.1) is 0 Å². The number of rotatable bonds is 5. The lowest BCUT2D eigenvalue weighted by molar-refractivity contribution is -0.145. The lowest BCUT2D eigenvalue weighted by Crippen LogP contribution is -2.64. The number of fused-ring (bicyclic) bond motifs is 3. The summed E-state index contributed by atoms with van der Waals surface area (Å²) >= 11 is 0. The summed E-state index contributed by atoms with van der Waals surface area (Å²) in [6, 6.07) is 6.82. The molecule has 4 rings (SSSR count).